The van der Waals surface area contributed by atoms with Gasteiger partial charge in [-0.3, -0.25) is 4.79 Å². The maximum atomic E-state index is 12.2. The van der Waals surface area contributed by atoms with Gasteiger partial charge in [0.25, 0.3) is 0 Å². The van der Waals surface area contributed by atoms with Gasteiger partial charge in [-0.2, -0.15) is 5.26 Å². The maximum absolute atomic E-state index is 12.2. The first kappa shape index (κ1) is 21.4. The van der Waals surface area contributed by atoms with E-state index in [-0.39, 0.29) is 17.9 Å². The number of hydrogen-bond acceptors (Lipinski definition) is 3. The lowest BCUT2D eigenvalue weighted by Gasteiger charge is -2.58. The molecule has 3 rings (SSSR count). The molecular weight excluding hydrogens is 312 g/mol. The Kier molecular flexibility index (Phi) is 7.44. The lowest BCUT2D eigenvalue weighted by molar-refractivity contribution is -0.131. The normalized spacial score (nSPS) is 35.0. The minimum atomic E-state index is -0.672. The monoisotopic (exact) mass is 346 g/mol. The van der Waals surface area contributed by atoms with Crippen LogP contribution in [0.5, 0.6) is 0 Å². The van der Waals surface area contributed by atoms with Crippen LogP contribution in [-0.4, -0.2) is 23.2 Å². The Balaban J connectivity index is 0.000000326. The van der Waals surface area contributed by atoms with Crippen LogP contribution >= 0.6 is 0 Å². The quantitative estimate of drug-likeness (QED) is 0.750. The van der Waals surface area contributed by atoms with Crippen molar-refractivity contribution in [1.29, 1.82) is 5.26 Å². The van der Waals surface area contributed by atoms with Gasteiger partial charge in [-0.25, -0.2) is 0 Å². The lowest BCUT2D eigenvalue weighted by atomic mass is 9.45. The number of nitrogens with zero attached hydrogens (tertiary/aromatic N) is 1. The second-order valence-electron chi connectivity index (χ2n) is 7.38. The van der Waals surface area contributed by atoms with E-state index in [1.165, 1.54) is 25.7 Å². The first-order valence-corrected chi connectivity index (χ1v) is 9.52. The van der Waals surface area contributed by atoms with Crippen LogP contribution in [0.2, 0.25) is 0 Å². The Hall–Kier alpha value is -1.60. The van der Waals surface area contributed by atoms with Gasteiger partial charge in [0, 0.05) is 11.8 Å². The molecule has 1 amide bonds. The largest absolute Gasteiger partial charge is 0.394 e. The number of fused-ring (bicyclic) bond motifs is 1. The number of aliphatic hydroxyl groups is 1. The van der Waals surface area contributed by atoms with Crippen LogP contribution < -0.4 is 5.32 Å². The summed E-state index contributed by atoms with van der Waals surface area (Å²) in [5.74, 6) is -0.0667. The van der Waals surface area contributed by atoms with Gasteiger partial charge in [0.05, 0.1) is 23.6 Å². The minimum Gasteiger partial charge on any atom is -0.394 e. The van der Waals surface area contributed by atoms with Crippen LogP contribution in [0, 0.1) is 22.2 Å². The molecule has 140 valence electrons. The van der Waals surface area contributed by atoms with Gasteiger partial charge in [0.15, 0.2) is 0 Å². The number of aliphatic hydroxyl groups excluding tert-OH is 1. The van der Waals surface area contributed by atoms with Crippen LogP contribution in [0.3, 0.4) is 0 Å². The highest BCUT2D eigenvalue weighted by Gasteiger charge is 2.73. The van der Waals surface area contributed by atoms with Crippen molar-refractivity contribution in [2.75, 3.05) is 6.61 Å². The average Bonchev–Trinajstić information content (AvgIpc) is 2.79. The second-order valence-corrected chi connectivity index (χ2v) is 7.38. The molecule has 0 aromatic heterocycles. The molecule has 1 heterocycles. The zero-order chi connectivity index (χ0) is 19.1. The number of rotatable bonds is 3. The van der Waals surface area contributed by atoms with Gasteiger partial charge in [-0.1, -0.05) is 46.4 Å². The van der Waals surface area contributed by atoms with Crippen LogP contribution in [0.25, 0.3) is 0 Å². The van der Waals surface area contributed by atoms with Crippen molar-refractivity contribution in [3.05, 3.63) is 24.3 Å². The van der Waals surface area contributed by atoms with Crippen molar-refractivity contribution in [3.63, 3.8) is 0 Å². The van der Waals surface area contributed by atoms with Crippen LogP contribution in [0.4, 0.5) is 0 Å². The Morgan fingerprint density at radius 3 is 2.16 bits per heavy atom. The summed E-state index contributed by atoms with van der Waals surface area (Å²) in [5, 5.41) is 21.2. The summed E-state index contributed by atoms with van der Waals surface area (Å²) >= 11 is 0. The standard InChI is InChI=1S/C13H18N2O2.C6H10.C2H6/c1-9-7-12(3)11(2,5-4-6-14)10(17)15-13(9,12)8-16;1-2-4-6-5-3-1;1-2/h16H,1,4-5,7-8H2,2-3H3,(H,15,17);1-2H,3-6H2;1-2H3/t11-,12-,13-;;/m0../s1. The molecule has 2 N–H and O–H groups in total. The summed E-state index contributed by atoms with van der Waals surface area (Å²) in [6.45, 7) is 11.7. The number of hydrogen-bond donors (Lipinski definition) is 2. The predicted molar refractivity (Wildman–Crippen MR) is 102 cm³/mol. The summed E-state index contributed by atoms with van der Waals surface area (Å²) in [7, 11) is 0. The van der Waals surface area contributed by atoms with E-state index >= 15 is 0 Å². The minimum absolute atomic E-state index is 0.0667. The van der Waals surface area contributed by atoms with Gasteiger partial charge < -0.3 is 10.4 Å². The van der Waals surface area contributed by atoms with E-state index in [2.05, 4.69) is 30.1 Å². The lowest BCUT2D eigenvalue weighted by Crippen LogP contribution is -2.65. The molecule has 1 aliphatic heterocycles. The summed E-state index contributed by atoms with van der Waals surface area (Å²) < 4.78 is 0. The van der Waals surface area contributed by atoms with E-state index in [4.69, 9.17) is 5.26 Å². The highest BCUT2D eigenvalue weighted by Crippen LogP contribution is 2.67. The molecule has 4 nitrogen and oxygen atoms in total. The van der Waals surface area contributed by atoms with E-state index in [9.17, 15) is 9.90 Å². The number of amides is 1. The Labute approximate surface area is 153 Å². The molecule has 3 aliphatic rings. The van der Waals surface area contributed by atoms with Crippen molar-refractivity contribution in [2.24, 2.45) is 10.8 Å². The van der Waals surface area contributed by atoms with Crippen molar-refractivity contribution in [3.8, 4) is 6.07 Å². The summed E-state index contributed by atoms with van der Waals surface area (Å²) in [6.07, 6.45) is 11.6. The number of nitrogens with one attached hydrogen (secondary N) is 1. The van der Waals surface area contributed by atoms with Gasteiger partial charge in [0.1, 0.15) is 0 Å². The zero-order valence-electron chi connectivity index (χ0n) is 16.3. The van der Waals surface area contributed by atoms with Gasteiger partial charge in [-0.05, 0) is 44.1 Å². The fourth-order valence-electron chi connectivity index (χ4n) is 4.27. The van der Waals surface area contributed by atoms with Crippen molar-refractivity contribution in [1.82, 2.24) is 5.32 Å². The van der Waals surface area contributed by atoms with Crippen LogP contribution in [0.15, 0.2) is 24.3 Å². The van der Waals surface area contributed by atoms with E-state index in [1.807, 2.05) is 27.7 Å². The van der Waals surface area contributed by atoms with Crippen molar-refractivity contribution < 1.29 is 9.90 Å². The van der Waals surface area contributed by atoms with Crippen LogP contribution in [-0.2, 0) is 4.79 Å². The fourth-order valence-corrected chi connectivity index (χ4v) is 4.27. The number of nitriles is 1. The third-order valence-electron chi connectivity index (χ3n) is 6.29. The van der Waals surface area contributed by atoms with Crippen LogP contribution in [0.1, 0.15) is 72.6 Å². The molecule has 0 spiro atoms. The van der Waals surface area contributed by atoms with E-state index < -0.39 is 11.0 Å². The van der Waals surface area contributed by atoms with Gasteiger partial charge in [-0.15, -0.1) is 0 Å². The van der Waals surface area contributed by atoms with E-state index in [0.717, 1.165) is 12.0 Å². The third kappa shape index (κ3) is 3.40. The van der Waals surface area contributed by atoms with E-state index in [1.54, 1.807) is 0 Å². The molecule has 0 bridgehead atoms. The molecule has 0 unspecified atom stereocenters. The molecular formula is C21H34N2O2. The van der Waals surface area contributed by atoms with E-state index in [0.29, 0.717) is 12.8 Å². The first-order chi connectivity index (χ1) is 11.9. The Morgan fingerprint density at radius 2 is 1.84 bits per heavy atom. The fraction of sp³-hybridized carbons (Fsp3) is 0.714. The van der Waals surface area contributed by atoms with Gasteiger partial charge in [0.2, 0.25) is 5.91 Å². The number of carbonyl (C=O) groups is 1. The summed E-state index contributed by atoms with van der Waals surface area (Å²) in [6, 6.07) is 2.09. The molecule has 0 aromatic carbocycles. The smallest absolute Gasteiger partial charge is 0.227 e. The topological polar surface area (TPSA) is 73.1 Å². The highest BCUT2D eigenvalue weighted by molar-refractivity contribution is 5.90. The summed E-state index contributed by atoms with van der Waals surface area (Å²) in [5.41, 5.74) is -0.711. The summed E-state index contributed by atoms with van der Waals surface area (Å²) in [4.78, 5) is 12.2. The molecule has 1 saturated carbocycles. The molecule has 2 aliphatic carbocycles. The molecule has 0 radical (unpaired) electrons. The van der Waals surface area contributed by atoms with Crippen molar-refractivity contribution in [2.45, 2.75) is 78.2 Å². The SMILES string of the molecule is C1=CCCCC1.C=C1C[C@@]2(C)[C@@](C)(CCC#N)C(=O)N[C@@]12CO.CC. The number of carbonyl (C=O) groups excluding carboxylic acids is 1. The maximum Gasteiger partial charge on any atom is 0.227 e. The molecule has 1 saturated heterocycles. The second kappa shape index (κ2) is 8.67. The Bertz CT molecular complexity index is 555. The molecule has 2 fully saturated rings. The van der Waals surface area contributed by atoms with Gasteiger partial charge >= 0.3 is 0 Å². The zero-order valence-corrected chi connectivity index (χ0v) is 16.3. The molecule has 25 heavy (non-hydrogen) atoms. The number of allylic oxidation sites excluding steroid dienone is 2. The average molecular weight is 347 g/mol. The molecule has 0 aromatic rings. The Morgan fingerprint density at radius 1 is 1.28 bits per heavy atom. The first-order valence-electron chi connectivity index (χ1n) is 9.52. The highest BCUT2D eigenvalue weighted by atomic mass is 16.3. The predicted octanol–water partition coefficient (Wildman–Crippen LogP) is 4.27. The van der Waals surface area contributed by atoms with Crippen molar-refractivity contribution >= 4 is 5.91 Å². The third-order valence-corrected chi connectivity index (χ3v) is 6.29. The molecule has 4 heteroatoms. The molecule has 3 atom stereocenters.